The molecule has 0 saturated carbocycles. The molecule has 1 N–H and O–H groups in total. The summed E-state index contributed by atoms with van der Waals surface area (Å²) in [5, 5.41) is 12.1. The number of aliphatic imine (C=N–C) groups is 1. The fourth-order valence-corrected chi connectivity index (χ4v) is 3.16. The van der Waals surface area contributed by atoms with Gasteiger partial charge in [0.15, 0.2) is 5.82 Å². The van der Waals surface area contributed by atoms with Gasteiger partial charge in [-0.25, -0.2) is 9.98 Å². The quantitative estimate of drug-likeness (QED) is 0.529. The summed E-state index contributed by atoms with van der Waals surface area (Å²) in [4.78, 5) is 21.6. The lowest BCUT2D eigenvalue weighted by Gasteiger charge is -2.14. The molecule has 0 bridgehead atoms. The average Bonchev–Trinajstić information content (AvgIpc) is 2.78. The Kier molecular flexibility index (Phi) is 5.07. The number of methoxy groups -OCH3 is 1. The van der Waals surface area contributed by atoms with E-state index in [-0.39, 0.29) is 18.0 Å². The number of benzene rings is 2. The van der Waals surface area contributed by atoms with E-state index in [4.69, 9.17) is 4.74 Å². The smallest absolute Gasteiger partial charge is 0.261 e. The fraction of sp³-hybridized carbons (Fsp3) is 0.0870. The van der Waals surface area contributed by atoms with Crippen molar-refractivity contribution in [2.45, 2.75) is 6.54 Å². The van der Waals surface area contributed by atoms with Crippen LogP contribution in [0.3, 0.4) is 0 Å². The highest BCUT2D eigenvalue weighted by Gasteiger charge is 2.15. The van der Waals surface area contributed by atoms with Crippen molar-refractivity contribution in [1.82, 2.24) is 9.55 Å². The van der Waals surface area contributed by atoms with Crippen LogP contribution in [0.1, 0.15) is 11.1 Å². The third kappa shape index (κ3) is 3.73. The van der Waals surface area contributed by atoms with E-state index in [1.54, 1.807) is 49.9 Å². The van der Waals surface area contributed by atoms with Crippen molar-refractivity contribution in [3.05, 3.63) is 94.4 Å². The topological polar surface area (TPSA) is 76.7 Å². The summed E-state index contributed by atoms with van der Waals surface area (Å²) in [5.74, 6) is 1.11. The lowest BCUT2D eigenvalue weighted by atomic mass is 10.1. The first-order valence-electron chi connectivity index (χ1n) is 9.10. The molecule has 0 spiro atoms. The normalized spacial score (nSPS) is 11.2. The standard InChI is InChI=1S/C23H19N3O3/c1-29-17-11-9-16(10-12-17)15-26-22(27)19-7-3-2-6-18(19)20(23(26)28)14-25-21-8-4-5-13-24-21/h2-14,28H,15H2,1H3. The summed E-state index contributed by atoms with van der Waals surface area (Å²) in [7, 11) is 1.60. The average molecular weight is 385 g/mol. The molecular weight excluding hydrogens is 366 g/mol. The first-order chi connectivity index (χ1) is 14.2. The molecule has 6 nitrogen and oxygen atoms in total. The molecule has 29 heavy (non-hydrogen) atoms. The van der Waals surface area contributed by atoms with Gasteiger partial charge < -0.3 is 9.84 Å². The summed E-state index contributed by atoms with van der Waals surface area (Å²) in [6.07, 6.45) is 3.19. The minimum absolute atomic E-state index is 0.135. The van der Waals surface area contributed by atoms with Gasteiger partial charge in [-0.15, -0.1) is 0 Å². The molecule has 4 aromatic rings. The van der Waals surface area contributed by atoms with Crippen molar-refractivity contribution in [2.75, 3.05) is 7.11 Å². The van der Waals surface area contributed by atoms with Gasteiger partial charge in [-0.05, 0) is 35.9 Å². The number of nitrogens with zero attached hydrogens (tertiary/aromatic N) is 3. The van der Waals surface area contributed by atoms with Gasteiger partial charge in [0.2, 0.25) is 5.88 Å². The molecule has 144 valence electrons. The molecule has 0 amide bonds. The number of aromatic nitrogens is 2. The maximum absolute atomic E-state index is 13.0. The van der Waals surface area contributed by atoms with Crippen LogP contribution in [-0.2, 0) is 6.54 Å². The van der Waals surface area contributed by atoms with Gasteiger partial charge in [-0.2, -0.15) is 0 Å². The molecule has 2 heterocycles. The predicted molar refractivity (Wildman–Crippen MR) is 113 cm³/mol. The Morgan fingerprint density at radius 1 is 1.03 bits per heavy atom. The number of ether oxygens (including phenoxy) is 1. The van der Waals surface area contributed by atoms with E-state index in [9.17, 15) is 9.90 Å². The molecule has 6 heteroatoms. The molecule has 0 radical (unpaired) electrons. The molecule has 0 aliphatic rings. The number of rotatable bonds is 5. The van der Waals surface area contributed by atoms with Gasteiger partial charge in [0.05, 0.1) is 19.2 Å². The van der Waals surface area contributed by atoms with Gasteiger partial charge in [-0.1, -0.05) is 36.4 Å². The molecule has 4 rings (SSSR count). The van der Waals surface area contributed by atoms with Gasteiger partial charge in [-0.3, -0.25) is 9.36 Å². The van der Waals surface area contributed by atoms with Crippen LogP contribution in [-0.4, -0.2) is 28.0 Å². The van der Waals surface area contributed by atoms with E-state index in [0.717, 1.165) is 11.3 Å². The van der Waals surface area contributed by atoms with Crippen LogP contribution < -0.4 is 10.3 Å². The molecule has 0 unspecified atom stereocenters. The van der Waals surface area contributed by atoms with Gasteiger partial charge >= 0.3 is 0 Å². The second kappa shape index (κ2) is 7.98. The maximum atomic E-state index is 13.0. The van der Waals surface area contributed by atoms with E-state index in [1.807, 2.05) is 36.4 Å². The molecule has 2 aromatic heterocycles. The monoisotopic (exact) mass is 385 g/mol. The third-order valence-corrected chi connectivity index (χ3v) is 4.66. The van der Waals surface area contributed by atoms with E-state index in [1.165, 1.54) is 4.57 Å². The van der Waals surface area contributed by atoms with Crippen molar-refractivity contribution in [3.63, 3.8) is 0 Å². The number of pyridine rings is 2. The van der Waals surface area contributed by atoms with Crippen molar-refractivity contribution < 1.29 is 9.84 Å². The summed E-state index contributed by atoms with van der Waals surface area (Å²) < 4.78 is 6.53. The lowest BCUT2D eigenvalue weighted by molar-refractivity contribution is 0.412. The second-order valence-electron chi connectivity index (χ2n) is 6.47. The maximum Gasteiger partial charge on any atom is 0.261 e. The second-order valence-corrected chi connectivity index (χ2v) is 6.47. The summed E-state index contributed by atoms with van der Waals surface area (Å²) in [6.45, 7) is 0.226. The summed E-state index contributed by atoms with van der Waals surface area (Å²) in [6, 6.07) is 20.0. The van der Waals surface area contributed by atoms with Crippen molar-refractivity contribution >= 4 is 22.8 Å². The first-order valence-corrected chi connectivity index (χ1v) is 9.10. The fourth-order valence-electron chi connectivity index (χ4n) is 3.16. The Morgan fingerprint density at radius 3 is 2.45 bits per heavy atom. The zero-order valence-corrected chi connectivity index (χ0v) is 15.8. The zero-order chi connectivity index (χ0) is 20.2. The molecule has 2 aromatic carbocycles. The Bertz CT molecular complexity index is 1230. The van der Waals surface area contributed by atoms with Crippen molar-refractivity contribution in [3.8, 4) is 11.6 Å². The molecule has 0 aliphatic heterocycles. The van der Waals surface area contributed by atoms with Gasteiger partial charge in [0.25, 0.3) is 5.56 Å². The minimum Gasteiger partial charge on any atom is -0.497 e. The van der Waals surface area contributed by atoms with E-state index in [2.05, 4.69) is 9.98 Å². The molecule has 0 aliphatic carbocycles. The Labute approximate surface area is 167 Å². The Hall–Kier alpha value is -3.93. The number of aromatic hydroxyl groups is 1. The minimum atomic E-state index is -0.260. The number of hydrogen-bond acceptors (Lipinski definition) is 5. The van der Waals surface area contributed by atoms with Crippen molar-refractivity contribution in [1.29, 1.82) is 0 Å². The van der Waals surface area contributed by atoms with Crippen LogP contribution in [0.5, 0.6) is 11.6 Å². The Morgan fingerprint density at radius 2 is 1.76 bits per heavy atom. The molecule has 0 atom stereocenters. The van der Waals surface area contributed by atoms with Crippen LogP contribution in [0.4, 0.5) is 5.82 Å². The van der Waals surface area contributed by atoms with Gasteiger partial charge in [0.1, 0.15) is 5.75 Å². The van der Waals surface area contributed by atoms with Gasteiger partial charge in [0, 0.05) is 23.2 Å². The van der Waals surface area contributed by atoms with Crippen LogP contribution in [0.15, 0.2) is 82.7 Å². The SMILES string of the molecule is COc1ccc(Cn2c(O)c(C=Nc3ccccn3)c3ccccc3c2=O)cc1. The summed E-state index contributed by atoms with van der Waals surface area (Å²) in [5.41, 5.74) is 1.08. The van der Waals surface area contributed by atoms with Crippen LogP contribution in [0, 0.1) is 0 Å². The molecule has 0 saturated heterocycles. The van der Waals surface area contributed by atoms with Crippen molar-refractivity contribution in [2.24, 2.45) is 4.99 Å². The highest BCUT2D eigenvalue weighted by Crippen LogP contribution is 2.25. The molecule has 0 fully saturated rings. The highest BCUT2D eigenvalue weighted by atomic mass is 16.5. The van der Waals surface area contributed by atoms with Crippen LogP contribution in [0.25, 0.3) is 10.8 Å². The number of fused-ring (bicyclic) bond motifs is 1. The predicted octanol–water partition coefficient (Wildman–Crippen LogP) is 3.91. The number of hydrogen-bond donors (Lipinski definition) is 1. The first kappa shape index (κ1) is 18.4. The van der Waals surface area contributed by atoms with Crippen LogP contribution in [0.2, 0.25) is 0 Å². The summed E-state index contributed by atoms with van der Waals surface area (Å²) >= 11 is 0. The lowest BCUT2D eigenvalue weighted by Crippen LogP contribution is -2.22. The van der Waals surface area contributed by atoms with Crippen LogP contribution >= 0.6 is 0 Å². The zero-order valence-electron chi connectivity index (χ0n) is 15.8. The highest BCUT2D eigenvalue weighted by molar-refractivity contribution is 6.02. The molecular formula is C23H19N3O3. The van der Waals surface area contributed by atoms with E-state index in [0.29, 0.717) is 22.2 Å². The van der Waals surface area contributed by atoms with E-state index < -0.39 is 0 Å². The van der Waals surface area contributed by atoms with E-state index >= 15 is 0 Å². The third-order valence-electron chi connectivity index (χ3n) is 4.66. The Balaban J connectivity index is 1.84. The largest absolute Gasteiger partial charge is 0.497 e.